The molecule has 150 valence electrons. The van der Waals surface area contributed by atoms with Gasteiger partial charge in [-0.3, -0.25) is 9.59 Å². The van der Waals surface area contributed by atoms with Gasteiger partial charge in [0, 0.05) is 16.2 Å². The molecule has 0 saturated carbocycles. The molecule has 0 unspecified atom stereocenters. The SMILES string of the molecule is COc1ccccc1NC(=O)c1c(N)c(C(=O)c2ccc(Br)cc2)n2ccccc12. The molecule has 6 nitrogen and oxygen atoms in total. The lowest BCUT2D eigenvalue weighted by atomic mass is 10.1. The summed E-state index contributed by atoms with van der Waals surface area (Å²) >= 11 is 3.37. The molecule has 3 N–H and O–H groups in total. The average Bonchev–Trinajstić information content (AvgIpc) is 3.06. The number of hydrogen-bond acceptors (Lipinski definition) is 4. The van der Waals surface area contributed by atoms with E-state index < -0.39 is 5.91 Å². The number of carbonyl (C=O) groups excluding carboxylic acids is 2. The molecule has 30 heavy (non-hydrogen) atoms. The summed E-state index contributed by atoms with van der Waals surface area (Å²) in [6.07, 6.45) is 1.72. The molecule has 1 amide bonds. The second-order valence-corrected chi connectivity index (χ2v) is 7.50. The van der Waals surface area contributed by atoms with Gasteiger partial charge in [-0.15, -0.1) is 0 Å². The summed E-state index contributed by atoms with van der Waals surface area (Å²) in [6, 6.07) is 19.4. The first kappa shape index (κ1) is 19.7. The topological polar surface area (TPSA) is 85.8 Å². The van der Waals surface area contributed by atoms with E-state index in [4.69, 9.17) is 10.5 Å². The number of methoxy groups -OCH3 is 1. The fourth-order valence-electron chi connectivity index (χ4n) is 3.37. The number of ether oxygens (including phenoxy) is 1. The Bertz CT molecular complexity index is 1260. The Balaban J connectivity index is 1.81. The van der Waals surface area contributed by atoms with Crippen LogP contribution in [0, 0.1) is 0 Å². The summed E-state index contributed by atoms with van der Waals surface area (Å²) in [5.41, 5.74) is 8.51. The third-order valence-electron chi connectivity index (χ3n) is 4.79. The maximum absolute atomic E-state index is 13.2. The van der Waals surface area contributed by atoms with E-state index >= 15 is 0 Å². The van der Waals surface area contributed by atoms with Crippen LogP contribution in [0.3, 0.4) is 0 Å². The van der Waals surface area contributed by atoms with Gasteiger partial charge in [0.05, 0.1) is 29.6 Å². The van der Waals surface area contributed by atoms with Crippen molar-refractivity contribution in [3.8, 4) is 5.75 Å². The van der Waals surface area contributed by atoms with Crippen molar-refractivity contribution < 1.29 is 14.3 Å². The molecule has 2 heterocycles. The molecule has 4 aromatic rings. The van der Waals surface area contributed by atoms with Gasteiger partial charge in [-0.05, 0) is 48.5 Å². The van der Waals surface area contributed by atoms with Gasteiger partial charge in [-0.25, -0.2) is 0 Å². The summed E-state index contributed by atoms with van der Waals surface area (Å²) in [4.78, 5) is 26.4. The molecule has 0 saturated heterocycles. The van der Waals surface area contributed by atoms with Crippen molar-refractivity contribution >= 4 is 44.5 Å². The maximum Gasteiger partial charge on any atom is 0.260 e. The van der Waals surface area contributed by atoms with Crippen molar-refractivity contribution in [1.29, 1.82) is 0 Å². The molecule has 0 atom stereocenters. The zero-order chi connectivity index (χ0) is 21.3. The van der Waals surface area contributed by atoms with Crippen molar-refractivity contribution in [3.05, 3.63) is 94.2 Å². The summed E-state index contributed by atoms with van der Waals surface area (Å²) in [6.45, 7) is 0. The lowest BCUT2D eigenvalue weighted by Gasteiger charge is -2.10. The number of benzene rings is 2. The quantitative estimate of drug-likeness (QED) is 0.417. The van der Waals surface area contributed by atoms with Crippen LogP contribution in [0.4, 0.5) is 11.4 Å². The van der Waals surface area contributed by atoms with Gasteiger partial charge in [0.25, 0.3) is 5.91 Å². The van der Waals surface area contributed by atoms with Gasteiger partial charge >= 0.3 is 0 Å². The minimum atomic E-state index is -0.421. The number of anilines is 2. The normalized spacial score (nSPS) is 10.7. The highest BCUT2D eigenvalue weighted by molar-refractivity contribution is 9.10. The number of rotatable bonds is 5. The van der Waals surface area contributed by atoms with E-state index in [9.17, 15) is 9.59 Å². The Morgan fingerprint density at radius 1 is 1.00 bits per heavy atom. The van der Waals surface area contributed by atoms with Gasteiger partial charge in [-0.1, -0.05) is 34.1 Å². The van der Waals surface area contributed by atoms with Gasteiger partial charge < -0.3 is 20.2 Å². The van der Waals surface area contributed by atoms with E-state index in [1.54, 1.807) is 71.3 Å². The largest absolute Gasteiger partial charge is 0.495 e. The van der Waals surface area contributed by atoms with Crippen molar-refractivity contribution in [1.82, 2.24) is 4.40 Å². The van der Waals surface area contributed by atoms with Crippen molar-refractivity contribution in [3.63, 3.8) is 0 Å². The number of amides is 1. The Labute approximate surface area is 181 Å². The Hall–Kier alpha value is -3.58. The van der Waals surface area contributed by atoms with Crippen LogP contribution in [-0.2, 0) is 0 Å². The summed E-state index contributed by atoms with van der Waals surface area (Å²) < 4.78 is 7.82. The summed E-state index contributed by atoms with van der Waals surface area (Å²) in [7, 11) is 1.53. The molecule has 0 aliphatic carbocycles. The molecule has 0 fully saturated rings. The van der Waals surface area contributed by atoms with Crippen molar-refractivity contribution in [2.75, 3.05) is 18.2 Å². The molecule has 0 spiro atoms. The molecule has 0 aliphatic rings. The predicted octanol–water partition coefficient (Wildman–Crippen LogP) is 4.78. The lowest BCUT2D eigenvalue weighted by Crippen LogP contribution is -2.14. The molecule has 2 aromatic carbocycles. The van der Waals surface area contributed by atoms with E-state index in [-0.39, 0.29) is 22.7 Å². The molecule has 2 aromatic heterocycles. The summed E-state index contributed by atoms with van der Waals surface area (Å²) in [5.74, 6) is -0.160. The molecule has 0 aliphatic heterocycles. The summed E-state index contributed by atoms with van der Waals surface area (Å²) in [5, 5.41) is 2.84. The monoisotopic (exact) mass is 463 g/mol. The zero-order valence-corrected chi connectivity index (χ0v) is 17.6. The lowest BCUT2D eigenvalue weighted by molar-refractivity contribution is 0.102. The highest BCUT2D eigenvalue weighted by atomic mass is 79.9. The second-order valence-electron chi connectivity index (χ2n) is 6.58. The number of pyridine rings is 1. The Morgan fingerprint density at radius 2 is 1.70 bits per heavy atom. The van der Waals surface area contributed by atoms with Crippen LogP contribution in [0.2, 0.25) is 0 Å². The number of nitrogens with one attached hydrogen (secondary N) is 1. The molecule has 0 bridgehead atoms. The minimum Gasteiger partial charge on any atom is -0.495 e. The van der Waals surface area contributed by atoms with E-state index in [0.29, 0.717) is 22.5 Å². The number of nitrogens with two attached hydrogens (primary N) is 1. The molecular weight excluding hydrogens is 446 g/mol. The van der Waals surface area contributed by atoms with Crippen molar-refractivity contribution in [2.45, 2.75) is 0 Å². The van der Waals surface area contributed by atoms with Crippen molar-refractivity contribution in [2.24, 2.45) is 0 Å². The van der Waals surface area contributed by atoms with E-state index in [0.717, 1.165) is 4.47 Å². The van der Waals surface area contributed by atoms with Gasteiger partial charge in [-0.2, -0.15) is 0 Å². The number of ketones is 1. The van der Waals surface area contributed by atoms with Crippen LogP contribution in [0.15, 0.2) is 77.4 Å². The first-order valence-corrected chi connectivity index (χ1v) is 9.93. The smallest absolute Gasteiger partial charge is 0.260 e. The highest BCUT2D eigenvalue weighted by Gasteiger charge is 2.26. The molecule has 4 rings (SSSR count). The standard InChI is InChI=1S/C23H18BrN3O3/c1-30-18-8-3-2-6-16(18)26-23(29)19-17-7-4-5-13-27(17)21(20(19)25)22(28)14-9-11-15(24)12-10-14/h2-13H,25H2,1H3,(H,26,29). The number of aromatic nitrogens is 1. The van der Waals surface area contributed by atoms with Crippen LogP contribution in [0.25, 0.3) is 5.52 Å². The molecule has 0 radical (unpaired) electrons. The maximum atomic E-state index is 13.2. The number of nitrogen functional groups attached to an aromatic ring is 1. The fraction of sp³-hybridized carbons (Fsp3) is 0.0435. The number of hydrogen-bond donors (Lipinski definition) is 2. The number of halogens is 1. The van der Waals surface area contributed by atoms with Crippen LogP contribution in [0.5, 0.6) is 5.75 Å². The zero-order valence-electron chi connectivity index (χ0n) is 16.1. The first-order valence-electron chi connectivity index (χ1n) is 9.14. The van der Waals surface area contributed by atoms with E-state index in [1.165, 1.54) is 7.11 Å². The molecule has 7 heteroatoms. The average molecular weight is 464 g/mol. The number of fused-ring (bicyclic) bond motifs is 1. The van der Waals surface area contributed by atoms with E-state index in [1.807, 2.05) is 6.07 Å². The van der Waals surface area contributed by atoms with Crippen LogP contribution in [-0.4, -0.2) is 23.2 Å². The molecular formula is C23H18BrN3O3. The number of nitrogens with zero attached hydrogens (tertiary/aromatic N) is 1. The third kappa shape index (κ3) is 3.44. The van der Waals surface area contributed by atoms with E-state index in [2.05, 4.69) is 21.2 Å². The Kier molecular flexibility index (Phi) is 5.29. The van der Waals surface area contributed by atoms with Gasteiger partial charge in [0.1, 0.15) is 11.4 Å². The predicted molar refractivity (Wildman–Crippen MR) is 120 cm³/mol. The first-order chi connectivity index (χ1) is 14.5. The highest BCUT2D eigenvalue weighted by Crippen LogP contribution is 2.31. The minimum absolute atomic E-state index is 0.126. The van der Waals surface area contributed by atoms with Crippen LogP contribution in [0.1, 0.15) is 26.4 Å². The number of carbonyl (C=O) groups is 2. The second kappa shape index (κ2) is 8.04. The number of para-hydroxylation sites is 2. The van der Waals surface area contributed by atoms with Gasteiger partial charge in [0.15, 0.2) is 0 Å². The van der Waals surface area contributed by atoms with Gasteiger partial charge in [0.2, 0.25) is 5.78 Å². The third-order valence-corrected chi connectivity index (χ3v) is 5.31. The Morgan fingerprint density at radius 3 is 2.43 bits per heavy atom. The van der Waals surface area contributed by atoms with Crippen LogP contribution >= 0.6 is 15.9 Å². The van der Waals surface area contributed by atoms with Crippen LogP contribution < -0.4 is 15.8 Å². The fourth-order valence-corrected chi connectivity index (χ4v) is 3.63.